The van der Waals surface area contributed by atoms with E-state index in [1.807, 2.05) is 12.1 Å². The standard InChI is InChI=1S/C17H26N4O2/c22-17(19-7-10-20-8-2-1-3-9-20)15-5-4-6-18-16(15)21-11-13-23-14-12-21/h4-6H,1-3,7-14H2,(H,19,22). The number of anilines is 1. The number of carbonyl (C=O) groups excluding carboxylic acids is 1. The topological polar surface area (TPSA) is 57.7 Å². The van der Waals surface area contributed by atoms with E-state index in [4.69, 9.17) is 4.74 Å². The van der Waals surface area contributed by atoms with Gasteiger partial charge in [-0.2, -0.15) is 0 Å². The Morgan fingerprint density at radius 2 is 1.96 bits per heavy atom. The highest BCUT2D eigenvalue weighted by molar-refractivity contribution is 5.98. The summed E-state index contributed by atoms with van der Waals surface area (Å²) >= 11 is 0. The fraction of sp³-hybridized carbons (Fsp3) is 0.647. The van der Waals surface area contributed by atoms with Crippen LogP contribution in [0.25, 0.3) is 0 Å². The van der Waals surface area contributed by atoms with E-state index >= 15 is 0 Å². The lowest BCUT2D eigenvalue weighted by Crippen LogP contribution is -2.40. The highest BCUT2D eigenvalue weighted by atomic mass is 16.5. The molecular weight excluding hydrogens is 292 g/mol. The summed E-state index contributed by atoms with van der Waals surface area (Å²) in [5.74, 6) is 0.739. The maximum Gasteiger partial charge on any atom is 0.255 e. The zero-order valence-corrected chi connectivity index (χ0v) is 13.7. The molecule has 0 bridgehead atoms. The number of nitrogens with zero attached hydrogens (tertiary/aromatic N) is 3. The fourth-order valence-electron chi connectivity index (χ4n) is 3.21. The van der Waals surface area contributed by atoms with E-state index in [2.05, 4.69) is 20.1 Å². The van der Waals surface area contributed by atoms with Gasteiger partial charge in [0, 0.05) is 32.4 Å². The van der Waals surface area contributed by atoms with Crippen molar-refractivity contribution in [1.82, 2.24) is 15.2 Å². The van der Waals surface area contributed by atoms with Gasteiger partial charge in [0.25, 0.3) is 5.91 Å². The molecule has 1 aromatic rings. The van der Waals surface area contributed by atoms with Crippen LogP contribution >= 0.6 is 0 Å². The Labute approximate surface area is 137 Å². The number of amides is 1. The lowest BCUT2D eigenvalue weighted by atomic mass is 10.1. The van der Waals surface area contributed by atoms with E-state index in [9.17, 15) is 4.79 Å². The molecule has 0 aromatic carbocycles. The third kappa shape index (κ3) is 4.42. The van der Waals surface area contributed by atoms with Crippen LogP contribution in [0.3, 0.4) is 0 Å². The molecule has 23 heavy (non-hydrogen) atoms. The minimum atomic E-state index is -0.0309. The zero-order valence-electron chi connectivity index (χ0n) is 13.7. The summed E-state index contributed by atoms with van der Waals surface area (Å²) in [4.78, 5) is 21.5. The van der Waals surface area contributed by atoms with E-state index in [-0.39, 0.29) is 5.91 Å². The second-order valence-corrected chi connectivity index (χ2v) is 6.13. The first-order chi connectivity index (χ1) is 11.3. The Morgan fingerprint density at radius 1 is 1.17 bits per heavy atom. The predicted octanol–water partition coefficient (Wildman–Crippen LogP) is 1.13. The summed E-state index contributed by atoms with van der Waals surface area (Å²) in [7, 11) is 0. The average molecular weight is 318 g/mol. The molecule has 0 spiro atoms. The first kappa shape index (κ1) is 16.2. The van der Waals surface area contributed by atoms with Gasteiger partial charge in [0.2, 0.25) is 0 Å². The SMILES string of the molecule is O=C(NCCN1CCCCC1)c1cccnc1N1CCOCC1. The number of nitrogens with one attached hydrogen (secondary N) is 1. The lowest BCUT2D eigenvalue weighted by molar-refractivity contribution is 0.0944. The first-order valence-electron chi connectivity index (χ1n) is 8.63. The number of pyridine rings is 1. The van der Waals surface area contributed by atoms with Crippen LogP contribution < -0.4 is 10.2 Å². The molecule has 2 aliphatic heterocycles. The molecule has 3 heterocycles. The minimum absolute atomic E-state index is 0.0309. The van der Waals surface area contributed by atoms with E-state index < -0.39 is 0 Å². The van der Waals surface area contributed by atoms with E-state index in [1.165, 1.54) is 19.3 Å². The van der Waals surface area contributed by atoms with Crippen LogP contribution in [0, 0.1) is 0 Å². The van der Waals surface area contributed by atoms with Gasteiger partial charge in [0.1, 0.15) is 5.82 Å². The molecular formula is C17H26N4O2. The van der Waals surface area contributed by atoms with E-state index in [0.717, 1.165) is 38.5 Å². The number of piperidine rings is 1. The largest absolute Gasteiger partial charge is 0.378 e. The molecule has 0 radical (unpaired) electrons. The van der Waals surface area contributed by atoms with Gasteiger partial charge in [-0.25, -0.2) is 4.98 Å². The summed E-state index contributed by atoms with van der Waals surface area (Å²) in [5.41, 5.74) is 0.660. The van der Waals surface area contributed by atoms with Crippen molar-refractivity contribution in [3.8, 4) is 0 Å². The van der Waals surface area contributed by atoms with Gasteiger partial charge in [-0.3, -0.25) is 4.79 Å². The molecule has 1 aromatic heterocycles. The molecule has 3 rings (SSSR count). The molecule has 1 amide bonds. The minimum Gasteiger partial charge on any atom is -0.378 e. The molecule has 1 N–H and O–H groups in total. The Morgan fingerprint density at radius 3 is 2.74 bits per heavy atom. The van der Waals surface area contributed by atoms with Crippen molar-refractivity contribution in [3.63, 3.8) is 0 Å². The highest BCUT2D eigenvalue weighted by Gasteiger charge is 2.19. The Kier molecular flexibility index (Phi) is 5.82. The van der Waals surface area contributed by atoms with Gasteiger partial charge in [-0.05, 0) is 38.1 Å². The van der Waals surface area contributed by atoms with Crippen molar-refractivity contribution in [1.29, 1.82) is 0 Å². The van der Waals surface area contributed by atoms with Gasteiger partial charge < -0.3 is 19.9 Å². The van der Waals surface area contributed by atoms with Crippen molar-refractivity contribution in [2.45, 2.75) is 19.3 Å². The van der Waals surface area contributed by atoms with Crippen molar-refractivity contribution < 1.29 is 9.53 Å². The Hall–Kier alpha value is -1.66. The average Bonchev–Trinajstić information content (AvgIpc) is 2.63. The van der Waals surface area contributed by atoms with Crippen molar-refractivity contribution in [3.05, 3.63) is 23.9 Å². The van der Waals surface area contributed by atoms with Crippen LogP contribution in [0.5, 0.6) is 0 Å². The molecule has 2 aliphatic rings. The summed E-state index contributed by atoms with van der Waals surface area (Å²) in [6.07, 6.45) is 5.63. The first-order valence-corrected chi connectivity index (χ1v) is 8.63. The maximum atomic E-state index is 12.5. The van der Waals surface area contributed by atoms with Gasteiger partial charge in [-0.15, -0.1) is 0 Å². The maximum absolute atomic E-state index is 12.5. The summed E-state index contributed by atoms with van der Waals surface area (Å²) in [5, 5.41) is 3.05. The molecule has 6 heteroatoms. The monoisotopic (exact) mass is 318 g/mol. The molecule has 126 valence electrons. The third-order valence-corrected chi connectivity index (χ3v) is 4.50. The molecule has 0 saturated carbocycles. The number of morpholine rings is 1. The fourth-order valence-corrected chi connectivity index (χ4v) is 3.21. The Balaban J connectivity index is 1.56. The molecule has 2 fully saturated rings. The normalized spacial score (nSPS) is 19.6. The summed E-state index contributed by atoms with van der Waals surface area (Å²) in [6.45, 7) is 6.87. The molecule has 0 unspecified atom stereocenters. The highest BCUT2D eigenvalue weighted by Crippen LogP contribution is 2.18. The number of hydrogen-bond donors (Lipinski definition) is 1. The quantitative estimate of drug-likeness (QED) is 0.882. The second kappa shape index (κ2) is 8.26. The van der Waals surface area contributed by atoms with Crippen molar-refractivity contribution >= 4 is 11.7 Å². The number of aromatic nitrogens is 1. The molecule has 2 saturated heterocycles. The van der Waals surface area contributed by atoms with Crippen molar-refractivity contribution in [2.24, 2.45) is 0 Å². The van der Waals surface area contributed by atoms with E-state index in [1.54, 1.807) is 6.20 Å². The van der Waals surface area contributed by atoms with Gasteiger partial charge >= 0.3 is 0 Å². The van der Waals surface area contributed by atoms with Gasteiger partial charge in [0.15, 0.2) is 0 Å². The molecule has 0 atom stereocenters. The second-order valence-electron chi connectivity index (χ2n) is 6.13. The van der Waals surface area contributed by atoms with Crippen LogP contribution in [-0.2, 0) is 4.74 Å². The zero-order chi connectivity index (χ0) is 15.9. The van der Waals surface area contributed by atoms with Crippen molar-refractivity contribution in [2.75, 3.05) is 57.4 Å². The number of ether oxygens (including phenoxy) is 1. The Bertz CT molecular complexity index is 511. The number of carbonyl (C=O) groups is 1. The predicted molar refractivity (Wildman–Crippen MR) is 89.9 cm³/mol. The lowest BCUT2D eigenvalue weighted by Gasteiger charge is -2.29. The van der Waals surface area contributed by atoms with Crippen LogP contribution in [0.4, 0.5) is 5.82 Å². The smallest absolute Gasteiger partial charge is 0.255 e. The number of likely N-dealkylation sites (tertiary alicyclic amines) is 1. The van der Waals surface area contributed by atoms with Gasteiger partial charge in [0.05, 0.1) is 18.8 Å². The summed E-state index contributed by atoms with van der Waals surface area (Å²) in [6, 6.07) is 3.68. The number of hydrogen-bond acceptors (Lipinski definition) is 5. The molecule has 6 nitrogen and oxygen atoms in total. The van der Waals surface area contributed by atoms with Crippen LogP contribution in [0.15, 0.2) is 18.3 Å². The van der Waals surface area contributed by atoms with Crippen LogP contribution in [-0.4, -0.2) is 68.3 Å². The van der Waals surface area contributed by atoms with Crippen LogP contribution in [0.2, 0.25) is 0 Å². The third-order valence-electron chi connectivity index (χ3n) is 4.50. The molecule has 0 aliphatic carbocycles. The van der Waals surface area contributed by atoms with Gasteiger partial charge in [-0.1, -0.05) is 6.42 Å². The van der Waals surface area contributed by atoms with E-state index in [0.29, 0.717) is 25.3 Å². The summed E-state index contributed by atoms with van der Waals surface area (Å²) < 4.78 is 5.38. The number of rotatable bonds is 5. The van der Waals surface area contributed by atoms with Crippen LogP contribution in [0.1, 0.15) is 29.6 Å².